The Morgan fingerprint density at radius 1 is 1.24 bits per heavy atom. The molecule has 0 bridgehead atoms. The van der Waals surface area contributed by atoms with E-state index in [0.717, 1.165) is 41.4 Å². The molecule has 3 aromatic heterocycles. The first-order chi connectivity index (χ1) is 12.2. The van der Waals surface area contributed by atoms with Crippen LogP contribution >= 0.6 is 11.3 Å². The second-order valence-electron chi connectivity index (χ2n) is 6.69. The van der Waals surface area contributed by atoms with Crippen molar-refractivity contribution in [3.63, 3.8) is 0 Å². The Morgan fingerprint density at radius 2 is 2.08 bits per heavy atom. The van der Waals surface area contributed by atoms with Gasteiger partial charge >= 0.3 is 0 Å². The molecule has 1 fully saturated rings. The highest BCUT2D eigenvalue weighted by molar-refractivity contribution is 7.18. The number of aromatic nitrogens is 2. The molecular formula is C19H24N4OS. The lowest BCUT2D eigenvalue weighted by Crippen LogP contribution is -2.37. The molecule has 4 heterocycles. The zero-order valence-corrected chi connectivity index (χ0v) is 15.6. The van der Waals surface area contributed by atoms with Crippen LogP contribution in [0.1, 0.15) is 41.5 Å². The van der Waals surface area contributed by atoms with Crippen LogP contribution in [0.5, 0.6) is 0 Å². The summed E-state index contributed by atoms with van der Waals surface area (Å²) in [5.74, 6) is 1.96. The highest BCUT2D eigenvalue weighted by Gasteiger charge is 2.25. The largest absolute Gasteiger partial charge is 0.468 e. The van der Waals surface area contributed by atoms with Gasteiger partial charge in [-0.05, 0) is 57.5 Å². The van der Waals surface area contributed by atoms with E-state index in [9.17, 15) is 0 Å². The zero-order chi connectivity index (χ0) is 17.2. The van der Waals surface area contributed by atoms with E-state index in [4.69, 9.17) is 4.42 Å². The number of hydrogen-bond acceptors (Lipinski definition) is 6. The minimum absolute atomic E-state index is 0.236. The number of likely N-dealkylation sites (tertiary alicyclic amines) is 1. The van der Waals surface area contributed by atoms with E-state index in [1.165, 1.54) is 29.7 Å². The van der Waals surface area contributed by atoms with Crippen molar-refractivity contribution in [2.45, 2.75) is 39.2 Å². The maximum atomic E-state index is 5.74. The molecule has 1 aliphatic heterocycles. The van der Waals surface area contributed by atoms with Crippen LogP contribution in [-0.2, 0) is 0 Å². The molecule has 25 heavy (non-hydrogen) atoms. The van der Waals surface area contributed by atoms with Crippen LogP contribution in [0.4, 0.5) is 5.82 Å². The number of piperidine rings is 1. The first kappa shape index (κ1) is 16.5. The molecule has 3 aromatic rings. The molecule has 0 aliphatic carbocycles. The standard InChI is InChI=1S/C19H24N4OS/c1-13-14(2)25-19-17(13)18(21-12-22-19)20-11-15(16-7-6-10-24-16)23-8-4-3-5-9-23/h6-7,10,12,15H,3-5,8-9,11H2,1-2H3,(H,20,21,22)/t15-/m1/s1. The van der Waals surface area contributed by atoms with Gasteiger partial charge in [-0.25, -0.2) is 9.97 Å². The van der Waals surface area contributed by atoms with Gasteiger partial charge in [-0.2, -0.15) is 0 Å². The van der Waals surface area contributed by atoms with Crippen LogP contribution in [0.2, 0.25) is 0 Å². The number of furan rings is 1. The number of nitrogens with one attached hydrogen (secondary N) is 1. The minimum Gasteiger partial charge on any atom is -0.468 e. The third-order valence-corrected chi connectivity index (χ3v) is 6.25. The average Bonchev–Trinajstić information content (AvgIpc) is 3.26. The van der Waals surface area contributed by atoms with Gasteiger partial charge in [0.25, 0.3) is 0 Å². The number of thiophene rings is 1. The summed E-state index contributed by atoms with van der Waals surface area (Å²) < 4.78 is 5.74. The number of anilines is 1. The number of fused-ring (bicyclic) bond motifs is 1. The fourth-order valence-electron chi connectivity index (χ4n) is 3.63. The van der Waals surface area contributed by atoms with Crippen LogP contribution in [-0.4, -0.2) is 34.5 Å². The molecule has 4 rings (SSSR count). The van der Waals surface area contributed by atoms with E-state index in [1.54, 1.807) is 23.9 Å². The highest BCUT2D eigenvalue weighted by Crippen LogP contribution is 2.33. The Morgan fingerprint density at radius 3 is 2.84 bits per heavy atom. The molecule has 1 aliphatic rings. The average molecular weight is 356 g/mol. The number of nitrogens with zero attached hydrogens (tertiary/aromatic N) is 3. The predicted octanol–water partition coefficient (Wildman–Crippen LogP) is 4.54. The van der Waals surface area contributed by atoms with E-state index in [1.807, 2.05) is 6.07 Å². The van der Waals surface area contributed by atoms with E-state index in [2.05, 4.69) is 40.1 Å². The van der Waals surface area contributed by atoms with Crippen molar-refractivity contribution >= 4 is 27.4 Å². The minimum atomic E-state index is 0.236. The van der Waals surface area contributed by atoms with Crippen molar-refractivity contribution in [1.29, 1.82) is 0 Å². The van der Waals surface area contributed by atoms with Crippen molar-refractivity contribution in [2.75, 3.05) is 25.0 Å². The Labute approximate surface area is 152 Å². The van der Waals surface area contributed by atoms with Gasteiger partial charge in [0.05, 0.1) is 17.7 Å². The normalized spacial score (nSPS) is 17.0. The quantitative estimate of drug-likeness (QED) is 0.727. The van der Waals surface area contributed by atoms with Crippen molar-refractivity contribution in [1.82, 2.24) is 14.9 Å². The molecule has 0 radical (unpaired) electrons. The fraction of sp³-hybridized carbons (Fsp3) is 0.474. The van der Waals surface area contributed by atoms with Gasteiger partial charge < -0.3 is 9.73 Å². The first-order valence-electron chi connectivity index (χ1n) is 8.96. The lowest BCUT2D eigenvalue weighted by molar-refractivity contribution is 0.153. The van der Waals surface area contributed by atoms with Gasteiger partial charge in [-0.1, -0.05) is 6.42 Å². The van der Waals surface area contributed by atoms with Crippen LogP contribution < -0.4 is 5.32 Å². The second kappa shape index (κ2) is 7.14. The lowest BCUT2D eigenvalue weighted by Gasteiger charge is -2.33. The van der Waals surface area contributed by atoms with Gasteiger partial charge in [0.15, 0.2) is 0 Å². The molecule has 6 heteroatoms. The van der Waals surface area contributed by atoms with Gasteiger partial charge in [0, 0.05) is 11.4 Å². The van der Waals surface area contributed by atoms with Gasteiger partial charge in [0.2, 0.25) is 0 Å². The Balaban J connectivity index is 1.59. The predicted molar refractivity (Wildman–Crippen MR) is 102 cm³/mol. The third-order valence-electron chi connectivity index (χ3n) is 5.13. The Bertz CT molecular complexity index is 837. The monoisotopic (exact) mass is 356 g/mol. The summed E-state index contributed by atoms with van der Waals surface area (Å²) in [5, 5.41) is 4.74. The molecule has 132 valence electrons. The first-order valence-corrected chi connectivity index (χ1v) is 9.77. The van der Waals surface area contributed by atoms with Crippen molar-refractivity contribution in [3.8, 4) is 0 Å². The topological polar surface area (TPSA) is 54.2 Å². The molecule has 0 saturated carbocycles. The SMILES string of the molecule is Cc1sc2ncnc(NC[C@H](c3ccco3)N3CCCCC3)c2c1C. The highest BCUT2D eigenvalue weighted by atomic mass is 32.1. The Hall–Kier alpha value is -1.92. The molecule has 1 atom stereocenters. The van der Waals surface area contributed by atoms with Gasteiger partial charge in [-0.15, -0.1) is 11.3 Å². The summed E-state index contributed by atoms with van der Waals surface area (Å²) in [7, 11) is 0. The zero-order valence-electron chi connectivity index (χ0n) is 14.8. The number of rotatable bonds is 5. The number of hydrogen-bond donors (Lipinski definition) is 1. The molecule has 0 aromatic carbocycles. The van der Waals surface area contributed by atoms with Crippen LogP contribution in [0.15, 0.2) is 29.1 Å². The maximum absolute atomic E-state index is 5.74. The van der Waals surface area contributed by atoms with Gasteiger partial charge in [-0.3, -0.25) is 4.90 Å². The molecule has 5 nitrogen and oxygen atoms in total. The molecule has 1 saturated heterocycles. The molecular weight excluding hydrogens is 332 g/mol. The Kier molecular flexibility index (Phi) is 4.72. The molecule has 0 unspecified atom stereocenters. The van der Waals surface area contributed by atoms with Crippen molar-refractivity contribution in [3.05, 3.63) is 40.9 Å². The number of aryl methyl sites for hydroxylation is 2. The van der Waals surface area contributed by atoms with E-state index < -0.39 is 0 Å². The van der Waals surface area contributed by atoms with E-state index in [0.29, 0.717) is 0 Å². The molecule has 1 N–H and O–H groups in total. The van der Waals surface area contributed by atoms with Crippen LogP contribution in [0, 0.1) is 13.8 Å². The van der Waals surface area contributed by atoms with Crippen molar-refractivity contribution in [2.24, 2.45) is 0 Å². The summed E-state index contributed by atoms with van der Waals surface area (Å²) in [5.41, 5.74) is 1.27. The van der Waals surface area contributed by atoms with E-state index in [-0.39, 0.29) is 6.04 Å². The van der Waals surface area contributed by atoms with Crippen molar-refractivity contribution < 1.29 is 4.42 Å². The van der Waals surface area contributed by atoms with E-state index >= 15 is 0 Å². The maximum Gasteiger partial charge on any atom is 0.138 e. The third kappa shape index (κ3) is 3.28. The molecule has 0 spiro atoms. The smallest absolute Gasteiger partial charge is 0.138 e. The summed E-state index contributed by atoms with van der Waals surface area (Å²) in [6.07, 6.45) is 7.27. The van der Waals surface area contributed by atoms with Gasteiger partial charge in [0.1, 0.15) is 22.7 Å². The summed E-state index contributed by atoms with van der Waals surface area (Å²) in [6.45, 7) is 7.34. The lowest BCUT2D eigenvalue weighted by atomic mass is 10.1. The summed E-state index contributed by atoms with van der Waals surface area (Å²) in [4.78, 5) is 13.8. The second-order valence-corrected chi connectivity index (χ2v) is 7.90. The molecule has 0 amide bonds. The summed E-state index contributed by atoms with van der Waals surface area (Å²) >= 11 is 1.73. The van der Waals surface area contributed by atoms with Crippen LogP contribution in [0.25, 0.3) is 10.2 Å². The summed E-state index contributed by atoms with van der Waals surface area (Å²) in [6, 6.07) is 4.29. The fourth-order valence-corrected chi connectivity index (χ4v) is 4.63. The van der Waals surface area contributed by atoms with Crippen LogP contribution in [0.3, 0.4) is 0 Å².